The number of pyridine rings is 1. The van der Waals surface area contributed by atoms with Crippen molar-refractivity contribution in [1.29, 1.82) is 0 Å². The largest absolute Gasteiger partial charge is 0.398 e. The van der Waals surface area contributed by atoms with Gasteiger partial charge in [-0.2, -0.15) is 4.31 Å². The van der Waals surface area contributed by atoms with E-state index >= 15 is 0 Å². The van der Waals surface area contributed by atoms with Crippen molar-refractivity contribution in [2.24, 2.45) is 0 Å². The highest BCUT2D eigenvalue weighted by Gasteiger charge is 2.31. The molecule has 0 radical (unpaired) electrons. The molecule has 1 aromatic rings. The van der Waals surface area contributed by atoms with E-state index in [4.69, 9.17) is 10.5 Å². The van der Waals surface area contributed by atoms with E-state index in [9.17, 15) is 8.42 Å². The van der Waals surface area contributed by atoms with Crippen molar-refractivity contribution >= 4 is 15.7 Å². The number of rotatable bonds is 4. The summed E-state index contributed by atoms with van der Waals surface area (Å²) in [5.41, 5.74) is 5.96. The van der Waals surface area contributed by atoms with Crippen LogP contribution in [0.3, 0.4) is 0 Å². The van der Waals surface area contributed by atoms with Crippen LogP contribution in [0.25, 0.3) is 0 Å². The summed E-state index contributed by atoms with van der Waals surface area (Å²) in [6, 6.07) is 1.50. The Bertz CT molecular complexity index is 531. The molecule has 2 rings (SSSR count). The number of nitrogens with zero attached hydrogens (tertiary/aromatic N) is 2. The van der Waals surface area contributed by atoms with Crippen molar-refractivity contribution in [1.82, 2.24) is 9.29 Å². The molecule has 0 spiro atoms. The summed E-state index contributed by atoms with van der Waals surface area (Å²) in [6.45, 7) is 3.38. The molecule has 0 aliphatic carbocycles. The normalized spacial score (nSPS) is 21.4. The van der Waals surface area contributed by atoms with Gasteiger partial charge in [0, 0.05) is 32.1 Å². The summed E-state index contributed by atoms with van der Waals surface area (Å²) in [7, 11) is -3.58. The van der Waals surface area contributed by atoms with Crippen molar-refractivity contribution in [3.05, 3.63) is 18.5 Å². The lowest BCUT2D eigenvalue weighted by Crippen LogP contribution is -2.43. The van der Waals surface area contributed by atoms with Crippen LogP contribution in [-0.4, -0.2) is 43.5 Å². The lowest BCUT2D eigenvalue weighted by atomic mass is 10.1. The second-order valence-electron chi connectivity index (χ2n) is 4.50. The number of piperidine rings is 1. The molecule has 2 N–H and O–H groups in total. The van der Waals surface area contributed by atoms with Gasteiger partial charge in [0.2, 0.25) is 10.0 Å². The number of sulfonamides is 1. The van der Waals surface area contributed by atoms with E-state index in [-0.39, 0.29) is 16.7 Å². The predicted molar refractivity (Wildman–Crippen MR) is 72.1 cm³/mol. The van der Waals surface area contributed by atoms with Crippen LogP contribution in [0.4, 0.5) is 5.69 Å². The van der Waals surface area contributed by atoms with E-state index in [0.717, 1.165) is 12.8 Å². The van der Waals surface area contributed by atoms with E-state index in [0.29, 0.717) is 19.7 Å². The maximum atomic E-state index is 12.5. The number of ether oxygens (including phenoxy) is 1. The molecular formula is C12H19N3O3S. The minimum Gasteiger partial charge on any atom is -0.398 e. The molecule has 7 heteroatoms. The van der Waals surface area contributed by atoms with E-state index in [1.165, 1.54) is 22.8 Å². The topological polar surface area (TPSA) is 85.5 Å². The summed E-state index contributed by atoms with van der Waals surface area (Å²) >= 11 is 0. The third-order valence-electron chi connectivity index (χ3n) is 3.18. The van der Waals surface area contributed by atoms with Gasteiger partial charge >= 0.3 is 0 Å². The molecule has 0 amide bonds. The summed E-state index contributed by atoms with van der Waals surface area (Å²) < 4.78 is 32.0. The second-order valence-corrected chi connectivity index (χ2v) is 6.40. The predicted octanol–water partition coefficient (Wildman–Crippen LogP) is 0.853. The maximum absolute atomic E-state index is 12.5. The lowest BCUT2D eigenvalue weighted by Gasteiger charge is -2.31. The Hall–Kier alpha value is -1.18. The van der Waals surface area contributed by atoms with Gasteiger partial charge in [0.25, 0.3) is 0 Å². The molecule has 2 heterocycles. The van der Waals surface area contributed by atoms with Crippen molar-refractivity contribution in [2.75, 3.05) is 25.4 Å². The molecule has 19 heavy (non-hydrogen) atoms. The first-order valence-electron chi connectivity index (χ1n) is 6.37. The first-order chi connectivity index (χ1) is 9.05. The van der Waals surface area contributed by atoms with E-state index in [1.54, 1.807) is 0 Å². The molecule has 1 aliphatic rings. The summed E-state index contributed by atoms with van der Waals surface area (Å²) in [5.74, 6) is 0. The van der Waals surface area contributed by atoms with Gasteiger partial charge in [-0.15, -0.1) is 0 Å². The van der Waals surface area contributed by atoms with Gasteiger partial charge in [-0.05, 0) is 25.8 Å². The third-order valence-corrected chi connectivity index (χ3v) is 5.09. The van der Waals surface area contributed by atoms with Gasteiger partial charge in [-0.3, -0.25) is 4.98 Å². The Morgan fingerprint density at radius 1 is 1.58 bits per heavy atom. The molecule has 6 nitrogen and oxygen atoms in total. The average Bonchev–Trinajstić information content (AvgIpc) is 2.40. The monoisotopic (exact) mass is 285 g/mol. The highest BCUT2D eigenvalue weighted by Crippen LogP contribution is 2.24. The SMILES string of the molecule is CCOC1CCCN(S(=O)(=O)c2cnccc2N)C1. The van der Waals surface area contributed by atoms with Crippen molar-refractivity contribution < 1.29 is 13.2 Å². The molecule has 1 aromatic heterocycles. The molecule has 1 atom stereocenters. The highest BCUT2D eigenvalue weighted by molar-refractivity contribution is 7.89. The third kappa shape index (κ3) is 3.05. The molecule has 1 fully saturated rings. The molecule has 1 saturated heterocycles. The van der Waals surface area contributed by atoms with Crippen molar-refractivity contribution in [3.63, 3.8) is 0 Å². The molecule has 0 saturated carbocycles. The Labute approximate surface area is 113 Å². The summed E-state index contributed by atoms with van der Waals surface area (Å²) in [5, 5.41) is 0. The first-order valence-corrected chi connectivity index (χ1v) is 7.81. The Kier molecular flexibility index (Phi) is 4.38. The van der Waals surface area contributed by atoms with Gasteiger partial charge in [-0.25, -0.2) is 8.42 Å². The van der Waals surface area contributed by atoms with Crippen LogP contribution in [0.15, 0.2) is 23.4 Å². The molecular weight excluding hydrogens is 266 g/mol. The minimum absolute atomic E-state index is 0.0357. The zero-order valence-electron chi connectivity index (χ0n) is 10.9. The van der Waals surface area contributed by atoms with Gasteiger partial charge in [0.1, 0.15) is 4.90 Å². The van der Waals surface area contributed by atoms with Crippen LogP contribution in [0, 0.1) is 0 Å². The number of hydrogen-bond donors (Lipinski definition) is 1. The standard InChI is InChI=1S/C12H19N3O3S/c1-2-18-10-4-3-7-15(9-10)19(16,17)12-8-14-6-5-11(12)13/h5-6,8,10H,2-4,7,9H2,1H3,(H2,13,14). The van der Waals surface area contributed by atoms with Crippen molar-refractivity contribution in [2.45, 2.75) is 30.8 Å². The van der Waals surface area contributed by atoms with Gasteiger partial charge < -0.3 is 10.5 Å². The van der Waals surface area contributed by atoms with Gasteiger partial charge in [0.15, 0.2) is 0 Å². The van der Waals surface area contributed by atoms with Crippen LogP contribution < -0.4 is 5.73 Å². The lowest BCUT2D eigenvalue weighted by molar-refractivity contribution is 0.0265. The second kappa shape index (κ2) is 5.85. The van der Waals surface area contributed by atoms with Crippen LogP contribution in [-0.2, 0) is 14.8 Å². The quantitative estimate of drug-likeness (QED) is 0.886. The Morgan fingerprint density at radius 2 is 2.37 bits per heavy atom. The Balaban J connectivity index is 2.22. The van der Waals surface area contributed by atoms with E-state index in [2.05, 4.69) is 4.98 Å². The molecule has 106 valence electrons. The number of hydrogen-bond acceptors (Lipinski definition) is 5. The van der Waals surface area contributed by atoms with Crippen LogP contribution >= 0.6 is 0 Å². The smallest absolute Gasteiger partial charge is 0.246 e. The molecule has 1 unspecified atom stereocenters. The van der Waals surface area contributed by atoms with Crippen molar-refractivity contribution in [3.8, 4) is 0 Å². The zero-order valence-corrected chi connectivity index (χ0v) is 11.8. The molecule has 0 aromatic carbocycles. The van der Waals surface area contributed by atoms with Gasteiger partial charge in [0.05, 0.1) is 11.8 Å². The summed E-state index contributed by atoms with van der Waals surface area (Å²) in [6.07, 6.45) is 4.43. The van der Waals surface area contributed by atoms with Crippen LogP contribution in [0.2, 0.25) is 0 Å². The Morgan fingerprint density at radius 3 is 3.05 bits per heavy atom. The highest BCUT2D eigenvalue weighted by atomic mass is 32.2. The fourth-order valence-electron chi connectivity index (χ4n) is 2.24. The number of anilines is 1. The van der Waals surface area contributed by atoms with Crippen LogP contribution in [0.5, 0.6) is 0 Å². The first kappa shape index (κ1) is 14.2. The van der Waals surface area contributed by atoms with Crippen LogP contribution in [0.1, 0.15) is 19.8 Å². The number of nitrogens with two attached hydrogens (primary N) is 1. The number of nitrogen functional groups attached to an aromatic ring is 1. The summed E-state index contributed by atoms with van der Waals surface area (Å²) in [4.78, 5) is 3.92. The van der Waals surface area contributed by atoms with E-state index in [1.807, 2.05) is 6.92 Å². The van der Waals surface area contributed by atoms with E-state index < -0.39 is 10.0 Å². The zero-order chi connectivity index (χ0) is 13.9. The fraction of sp³-hybridized carbons (Fsp3) is 0.583. The average molecular weight is 285 g/mol. The van der Waals surface area contributed by atoms with Gasteiger partial charge in [-0.1, -0.05) is 0 Å². The number of aromatic nitrogens is 1. The molecule has 0 bridgehead atoms. The fourth-order valence-corrected chi connectivity index (χ4v) is 3.81. The maximum Gasteiger partial charge on any atom is 0.246 e. The molecule has 1 aliphatic heterocycles. The minimum atomic E-state index is -3.58.